The number of aryl methyl sites for hydroxylation is 1. The van der Waals surface area contributed by atoms with E-state index < -0.39 is 0 Å². The molecule has 31 heavy (non-hydrogen) atoms. The monoisotopic (exact) mass is 442 g/mol. The first kappa shape index (κ1) is 20.8. The van der Waals surface area contributed by atoms with Gasteiger partial charge in [-0.3, -0.25) is 4.79 Å². The molecule has 0 radical (unpaired) electrons. The van der Waals surface area contributed by atoms with Crippen LogP contribution in [0.5, 0.6) is 28.7 Å². The van der Waals surface area contributed by atoms with Gasteiger partial charge in [-0.2, -0.15) is 4.99 Å². The Morgan fingerprint density at radius 3 is 2.39 bits per heavy atom. The zero-order valence-corrected chi connectivity index (χ0v) is 18.4. The summed E-state index contributed by atoms with van der Waals surface area (Å²) in [7, 11) is 4.63. The number of fused-ring (bicyclic) bond motifs is 2. The molecule has 4 rings (SSSR count). The third kappa shape index (κ3) is 3.96. The van der Waals surface area contributed by atoms with Crippen LogP contribution in [0.15, 0.2) is 35.3 Å². The lowest BCUT2D eigenvalue weighted by Gasteiger charge is -2.12. The van der Waals surface area contributed by atoms with Crippen LogP contribution in [0.1, 0.15) is 12.5 Å². The van der Waals surface area contributed by atoms with E-state index in [-0.39, 0.29) is 12.7 Å². The van der Waals surface area contributed by atoms with Crippen LogP contribution in [0.2, 0.25) is 0 Å². The van der Waals surface area contributed by atoms with Gasteiger partial charge in [0.05, 0.1) is 31.5 Å². The number of hydrogen-bond donors (Lipinski definition) is 0. The van der Waals surface area contributed by atoms with E-state index in [1.807, 2.05) is 23.6 Å². The molecule has 0 spiro atoms. The van der Waals surface area contributed by atoms with Crippen molar-refractivity contribution in [2.75, 3.05) is 28.1 Å². The molecule has 1 aliphatic rings. The number of ether oxygens (including phenoxy) is 5. The first-order valence-corrected chi connectivity index (χ1v) is 10.4. The highest BCUT2D eigenvalue weighted by Gasteiger charge is 2.17. The van der Waals surface area contributed by atoms with E-state index in [2.05, 4.69) is 4.99 Å². The molecule has 0 saturated carbocycles. The van der Waals surface area contributed by atoms with Gasteiger partial charge in [0.15, 0.2) is 27.8 Å². The van der Waals surface area contributed by atoms with E-state index in [1.54, 1.807) is 39.5 Å². The van der Waals surface area contributed by atoms with Crippen molar-refractivity contribution in [2.45, 2.75) is 13.5 Å². The topological polar surface area (TPSA) is 80.5 Å². The Kier molecular flexibility index (Phi) is 5.85. The van der Waals surface area contributed by atoms with Crippen molar-refractivity contribution in [1.82, 2.24) is 4.57 Å². The molecule has 0 fully saturated rings. The molecule has 0 N–H and O–H groups in total. The summed E-state index contributed by atoms with van der Waals surface area (Å²) in [5.74, 6) is 2.55. The Morgan fingerprint density at radius 1 is 1.10 bits per heavy atom. The van der Waals surface area contributed by atoms with Crippen molar-refractivity contribution in [1.29, 1.82) is 0 Å². The largest absolute Gasteiger partial charge is 0.493 e. The maximum absolute atomic E-state index is 12.6. The third-order valence-electron chi connectivity index (χ3n) is 4.80. The number of carbonyl (C=O) groups is 1. The van der Waals surface area contributed by atoms with Gasteiger partial charge in [0.2, 0.25) is 12.5 Å². The van der Waals surface area contributed by atoms with Gasteiger partial charge in [-0.15, -0.1) is 0 Å². The van der Waals surface area contributed by atoms with Crippen LogP contribution in [0.25, 0.3) is 16.3 Å². The zero-order chi connectivity index (χ0) is 22.0. The van der Waals surface area contributed by atoms with E-state index >= 15 is 0 Å². The number of thiazole rings is 1. The summed E-state index contributed by atoms with van der Waals surface area (Å²) in [6, 6.07) is 7.37. The summed E-state index contributed by atoms with van der Waals surface area (Å²) < 4.78 is 29.9. The normalized spacial score (nSPS) is 13.2. The molecule has 2 heterocycles. The first-order valence-electron chi connectivity index (χ1n) is 9.57. The quantitative estimate of drug-likeness (QED) is 0.543. The minimum atomic E-state index is -0.373. The highest BCUT2D eigenvalue weighted by atomic mass is 32.1. The number of nitrogens with zero attached hydrogens (tertiary/aromatic N) is 2. The van der Waals surface area contributed by atoms with Crippen LogP contribution in [0.3, 0.4) is 0 Å². The molecule has 1 amide bonds. The maximum atomic E-state index is 12.6. The Morgan fingerprint density at radius 2 is 1.77 bits per heavy atom. The Labute approximate surface area is 182 Å². The second kappa shape index (κ2) is 8.73. The average molecular weight is 442 g/mol. The SMILES string of the molecule is CCn1c(=NC(=O)C=Cc2cc(OC)c(OC)c(OC)c2)sc2cc3c(cc21)OCO3. The zero-order valence-electron chi connectivity index (χ0n) is 17.6. The van der Waals surface area contributed by atoms with Gasteiger partial charge in [-0.1, -0.05) is 11.3 Å². The van der Waals surface area contributed by atoms with Gasteiger partial charge < -0.3 is 28.3 Å². The number of methoxy groups -OCH3 is 3. The summed E-state index contributed by atoms with van der Waals surface area (Å²) in [5, 5.41) is 0. The molecule has 0 aliphatic carbocycles. The lowest BCUT2D eigenvalue weighted by molar-refractivity contribution is -0.113. The van der Waals surface area contributed by atoms with Gasteiger partial charge >= 0.3 is 0 Å². The summed E-state index contributed by atoms with van der Waals surface area (Å²) in [5.41, 5.74) is 1.68. The predicted molar refractivity (Wildman–Crippen MR) is 117 cm³/mol. The third-order valence-corrected chi connectivity index (χ3v) is 5.85. The van der Waals surface area contributed by atoms with E-state index in [4.69, 9.17) is 23.7 Å². The summed E-state index contributed by atoms with van der Waals surface area (Å²) in [4.78, 5) is 17.5. The Hall–Kier alpha value is -3.46. The second-order valence-electron chi connectivity index (χ2n) is 6.54. The van der Waals surface area contributed by atoms with Crippen LogP contribution < -0.4 is 28.5 Å². The fourth-order valence-corrected chi connectivity index (χ4v) is 4.46. The minimum Gasteiger partial charge on any atom is -0.493 e. The number of aromatic nitrogens is 1. The molecule has 162 valence electrons. The van der Waals surface area contributed by atoms with Gasteiger partial charge in [0.25, 0.3) is 5.91 Å². The maximum Gasteiger partial charge on any atom is 0.272 e. The Balaban J connectivity index is 1.67. The van der Waals surface area contributed by atoms with Gasteiger partial charge in [-0.05, 0) is 30.7 Å². The van der Waals surface area contributed by atoms with Crippen molar-refractivity contribution in [3.05, 3.63) is 40.7 Å². The predicted octanol–water partition coefficient (Wildman–Crippen LogP) is 3.62. The number of amides is 1. The van der Waals surface area contributed by atoms with Crippen LogP contribution >= 0.6 is 11.3 Å². The van der Waals surface area contributed by atoms with Crippen molar-refractivity contribution in [2.24, 2.45) is 4.99 Å². The van der Waals surface area contributed by atoms with Crippen molar-refractivity contribution in [3.63, 3.8) is 0 Å². The standard InChI is InChI=1S/C22H22N2O6S/c1-5-24-14-10-15-16(30-12-29-15)11-19(14)31-22(24)23-20(25)7-6-13-8-17(26-2)21(28-4)18(9-13)27-3/h6-11H,5,12H2,1-4H3. The second-order valence-corrected chi connectivity index (χ2v) is 7.55. The van der Waals surface area contributed by atoms with Crippen molar-refractivity contribution >= 4 is 33.5 Å². The lowest BCUT2D eigenvalue weighted by Crippen LogP contribution is -2.15. The van der Waals surface area contributed by atoms with Gasteiger partial charge in [0.1, 0.15) is 0 Å². The number of carbonyl (C=O) groups excluding carboxylic acids is 1. The molecule has 3 aromatic rings. The molecule has 9 heteroatoms. The molecule has 0 saturated heterocycles. The van der Waals surface area contributed by atoms with Crippen molar-refractivity contribution < 1.29 is 28.5 Å². The highest BCUT2D eigenvalue weighted by molar-refractivity contribution is 7.16. The van der Waals surface area contributed by atoms with Gasteiger partial charge in [0, 0.05) is 24.8 Å². The van der Waals surface area contributed by atoms with Gasteiger partial charge in [-0.25, -0.2) is 0 Å². The Bertz CT molecular complexity index is 1220. The number of rotatable bonds is 6. The average Bonchev–Trinajstić information content (AvgIpc) is 3.37. The van der Waals surface area contributed by atoms with E-state index in [9.17, 15) is 4.79 Å². The molecule has 2 aromatic carbocycles. The molecule has 0 atom stereocenters. The van der Waals surface area contributed by atoms with Crippen LogP contribution in [0.4, 0.5) is 0 Å². The first-order chi connectivity index (χ1) is 15.1. The van der Waals surface area contributed by atoms with Crippen LogP contribution in [-0.2, 0) is 11.3 Å². The fraction of sp³-hybridized carbons (Fsp3) is 0.273. The molecule has 0 bridgehead atoms. The van der Waals surface area contributed by atoms with E-state index in [0.717, 1.165) is 15.8 Å². The molecule has 1 aromatic heterocycles. The molecule has 8 nitrogen and oxygen atoms in total. The van der Waals surface area contributed by atoms with Crippen LogP contribution in [0, 0.1) is 0 Å². The molecule has 1 aliphatic heterocycles. The van der Waals surface area contributed by atoms with E-state index in [1.165, 1.54) is 17.4 Å². The summed E-state index contributed by atoms with van der Waals surface area (Å²) in [6.45, 7) is 2.90. The van der Waals surface area contributed by atoms with Crippen molar-refractivity contribution in [3.8, 4) is 28.7 Å². The number of benzene rings is 2. The minimum absolute atomic E-state index is 0.222. The lowest BCUT2D eigenvalue weighted by atomic mass is 10.1. The summed E-state index contributed by atoms with van der Waals surface area (Å²) >= 11 is 1.43. The fourth-order valence-electron chi connectivity index (χ4n) is 3.35. The molecular weight excluding hydrogens is 420 g/mol. The molecular formula is C22H22N2O6S. The van der Waals surface area contributed by atoms with E-state index in [0.29, 0.717) is 40.1 Å². The van der Waals surface area contributed by atoms with Crippen LogP contribution in [-0.4, -0.2) is 38.6 Å². The summed E-state index contributed by atoms with van der Waals surface area (Å²) in [6.07, 6.45) is 3.08. The molecule has 0 unspecified atom stereocenters. The smallest absolute Gasteiger partial charge is 0.272 e. The highest BCUT2D eigenvalue weighted by Crippen LogP contribution is 2.39. The number of hydrogen-bond acceptors (Lipinski definition) is 7.